The molecule has 0 radical (unpaired) electrons. The number of hydrogen-bond donors (Lipinski definition) is 1. The number of aryl methyl sites for hydroxylation is 2. The molecule has 2 aromatic heterocycles. The van der Waals surface area contributed by atoms with Crippen LogP contribution in [0.1, 0.15) is 58.6 Å². The number of aromatic nitrogens is 5. The molecule has 0 bridgehead atoms. The predicted molar refractivity (Wildman–Crippen MR) is 171 cm³/mol. The largest absolute Gasteiger partial charge is 0.376 e. The van der Waals surface area contributed by atoms with Gasteiger partial charge in [-0.25, -0.2) is 4.68 Å². The molecule has 3 aromatic carbocycles. The Labute approximate surface area is 257 Å². The van der Waals surface area contributed by atoms with Crippen molar-refractivity contribution < 1.29 is 4.74 Å². The SMILES string of the molecule is Cc1cc(C)c2cc([C@H](c3nnnn3C[C@H]3CCCO3)N3CCN(C(c4ccccc4)c4ccccc4)CC3)c(=O)[nH]c2c1. The van der Waals surface area contributed by atoms with Gasteiger partial charge >= 0.3 is 0 Å². The number of pyridine rings is 1. The maximum Gasteiger partial charge on any atom is 0.253 e. The van der Waals surface area contributed by atoms with Gasteiger partial charge in [0.1, 0.15) is 6.04 Å². The zero-order valence-corrected chi connectivity index (χ0v) is 25.4. The third kappa shape index (κ3) is 5.70. The molecule has 0 amide bonds. The molecule has 2 saturated heterocycles. The molecule has 0 spiro atoms. The highest BCUT2D eigenvalue weighted by atomic mass is 16.5. The fourth-order valence-electron chi connectivity index (χ4n) is 7.05. The van der Waals surface area contributed by atoms with E-state index in [-0.39, 0.29) is 17.7 Å². The van der Waals surface area contributed by atoms with Gasteiger partial charge < -0.3 is 9.72 Å². The van der Waals surface area contributed by atoms with Crippen LogP contribution in [0.3, 0.4) is 0 Å². The molecule has 0 unspecified atom stereocenters. The number of benzene rings is 3. The van der Waals surface area contributed by atoms with Crippen molar-refractivity contribution in [2.24, 2.45) is 0 Å². The molecule has 44 heavy (non-hydrogen) atoms. The second kappa shape index (κ2) is 12.4. The Hall–Kier alpha value is -4.18. The lowest BCUT2D eigenvalue weighted by Gasteiger charge is -2.42. The van der Waals surface area contributed by atoms with Crippen LogP contribution in [0, 0.1) is 13.8 Å². The first-order valence-corrected chi connectivity index (χ1v) is 15.6. The summed E-state index contributed by atoms with van der Waals surface area (Å²) < 4.78 is 7.80. The molecule has 9 heteroatoms. The molecule has 2 fully saturated rings. The molecule has 2 aliphatic heterocycles. The lowest BCUT2D eigenvalue weighted by atomic mass is 9.95. The molecular weight excluding hydrogens is 550 g/mol. The maximum absolute atomic E-state index is 13.8. The van der Waals surface area contributed by atoms with Crippen molar-refractivity contribution in [2.45, 2.75) is 51.4 Å². The average Bonchev–Trinajstić information content (AvgIpc) is 3.73. The van der Waals surface area contributed by atoms with Crippen LogP contribution < -0.4 is 5.56 Å². The van der Waals surface area contributed by atoms with E-state index in [2.05, 4.69) is 117 Å². The van der Waals surface area contributed by atoms with Crippen molar-refractivity contribution in [3.05, 3.63) is 123 Å². The summed E-state index contributed by atoms with van der Waals surface area (Å²) in [6, 6.07) is 27.4. The number of nitrogens with one attached hydrogen (secondary N) is 1. The molecule has 5 aromatic rings. The van der Waals surface area contributed by atoms with E-state index in [9.17, 15) is 4.79 Å². The summed E-state index contributed by atoms with van der Waals surface area (Å²) in [6.07, 6.45) is 2.10. The second-order valence-corrected chi connectivity index (χ2v) is 12.1. The first kappa shape index (κ1) is 28.6. The van der Waals surface area contributed by atoms with Crippen molar-refractivity contribution in [3.8, 4) is 0 Å². The Kier molecular flexibility index (Phi) is 8.08. The lowest BCUT2D eigenvalue weighted by Crippen LogP contribution is -2.50. The molecule has 4 heterocycles. The summed E-state index contributed by atoms with van der Waals surface area (Å²) in [6.45, 7) is 8.69. The summed E-state index contributed by atoms with van der Waals surface area (Å²) >= 11 is 0. The van der Waals surface area contributed by atoms with Crippen molar-refractivity contribution in [1.82, 2.24) is 35.0 Å². The molecule has 2 aliphatic rings. The smallest absolute Gasteiger partial charge is 0.253 e. The highest BCUT2D eigenvalue weighted by molar-refractivity contribution is 5.83. The van der Waals surface area contributed by atoms with Crippen molar-refractivity contribution in [3.63, 3.8) is 0 Å². The number of H-pyrrole nitrogens is 1. The minimum atomic E-state index is -0.394. The van der Waals surface area contributed by atoms with Crippen molar-refractivity contribution in [2.75, 3.05) is 32.8 Å². The minimum absolute atomic E-state index is 0.0763. The van der Waals surface area contributed by atoms with Gasteiger partial charge in [0, 0.05) is 49.3 Å². The first-order valence-electron chi connectivity index (χ1n) is 15.6. The van der Waals surface area contributed by atoms with Crippen LogP contribution in [0.4, 0.5) is 0 Å². The number of tetrazole rings is 1. The van der Waals surface area contributed by atoms with Crippen LogP contribution in [-0.2, 0) is 11.3 Å². The summed E-state index contributed by atoms with van der Waals surface area (Å²) in [5.74, 6) is 0.686. The molecule has 226 valence electrons. The van der Waals surface area contributed by atoms with Gasteiger partial charge in [0.2, 0.25) is 0 Å². The van der Waals surface area contributed by atoms with Crippen LogP contribution in [0.5, 0.6) is 0 Å². The standard InChI is InChI=1S/C35H39N7O2/c1-24-20-25(2)29-22-30(35(43)36-31(29)21-24)33(34-37-38-39-42(34)23-28-14-9-19-44-28)41-17-15-40(16-18-41)32(26-10-5-3-6-11-26)27-12-7-4-8-13-27/h3-8,10-13,20-22,28,32-33H,9,14-19,23H2,1-2H3,(H,36,43)/t28-,33-/m1/s1. The van der Waals surface area contributed by atoms with E-state index in [4.69, 9.17) is 4.74 Å². The van der Waals surface area contributed by atoms with Gasteiger partial charge in [0.05, 0.1) is 18.7 Å². The van der Waals surface area contributed by atoms with Crippen LogP contribution in [-0.4, -0.2) is 73.9 Å². The highest BCUT2D eigenvalue weighted by Gasteiger charge is 2.35. The zero-order chi connectivity index (χ0) is 30.0. The predicted octanol–water partition coefficient (Wildman–Crippen LogP) is 4.81. The number of hydrogen-bond acceptors (Lipinski definition) is 7. The molecular formula is C35H39N7O2. The van der Waals surface area contributed by atoms with Crippen LogP contribution in [0.15, 0.2) is 83.7 Å². The van der Waals surface area contributed by atoms with E-state index in [1.165, 1.54) is 11.1 Å². The normalized spacial score (nSPS) is 18.8. The fourth-order valence-corrected chi connectivity index (χ4v) is 7.05. The Morgan fingerprint density at radius 1 is 0.886 bits per heavy atom. The van der Waals surface area contributed by atoms with Gasteiger partial charge in [-0.15, -0.1) is 5.10 Å². The van der Waals surface area contributed by atoms with E-state index in [1.807, 2.05) is 10.7 Å². The monoisotopic (exact) mass is 589 g/mol. The topological polar surface area (TPSA) is 92.2 Å². The minimum Gasteiger partial charge on any atom is -0.376 e. The molecule has 9 nitrogen and oxygen atoms in total. The average molecular weight is 590 g/mol. The summed E-state index contributed by atoms with van der Waals surface area (Å²) in [4.78, 5) is 22.0. The zero-order valence-electron chi connectivity index (χ0n) is 25.4. The number of ether oxygens (including phenoxy) is 1. The van der Waals surface area contributed by atoms with E-state index < -0.39 is 6.04 Å². The maximum atomic E-state index is 13.8. The van der Waals surface area contributed by atoms with Gasteiger partial charge in [0.25, 0.3) is 5.56 Å². The molecule has 0 saturated carbocycles. The third-order valence-electron chi connectivity index (χ3n) is 9.15. The molecule has 1 N–H and O–H groups in total. The summed E-state index contributed by atoms with van der Waals surface area (Å²) in [5.41, 5.74) is 6.23. The number of piperazine rings is 1. The number of nitrogens with zero attached hydrogens (tertiary/aromatic N) is 6. The van der Waals surface area contributed by atoms with Crippen molar-refractivity contribution >= 4 is 10.9 Å². The van der Waals surface area contributed by atoms with Gasteiger partial charge in [-0.3, -0.25) is 14.6 Å². The van der Waals surface area contributed by atoms with E-state index in [0.29, 0.717) is 17.9 Å². The quantitative estimate of drug-likeness (QED) is 0.278. The number of fused-ring (bicyclic) bond motifs is 1. The van der Waals surface area contributed by atoms with Crippen LogP contribution in [0.2, 0.25) is 0 Å². The van der Waals surface area contributed by atoms with Crippen LogP contribution in [0.25, 0.3) is 10.9 Å². The Morgan fingerprint density at radius 2 is 1.55 bits per heavy atom. The highest BCUT2D eigenvalue weighted by Crippen LogP contribution is 2.33. The van der Waals surface area contributed by atoms with Gasteiger partial charge in [-0.2, -0.15) is 0 Å². The Balaban J connectivity index is 1.25. The van der Waals surface area contributed by atoms with Gasteiger partial charge in [-0.05, 0) is 71.5 Å². The van der Waals surface area contributed by atoms with Crippen molar-refractivity contribution in [1.29, 1.82) is 0 Å². The summed E-state index contributed by atoms with van der Waals surface area (Å²) in [7, 11) is 0. The van der Waals surface area contributed by atoms with Crippen LogP contribution >= 0.6 is 0 Å². The van der Waals surface area contributed by atoms with Gasteiger partial charge in [0.15, 0.2) is 5.82 Å². The lowest BCUT2D eigenvalue weighted by molar-refractivity contribution is 0.0778. The molecule has 7 rings (SSSR count). The van der Waals surface area contributed by atoms with E-state index in [0.717, 1.165) is 67.7 Å². The Morgan fingerprint density at radius 3 is 2.18 bits per heavy atom. The first-order chi connectivity index (χ1) is 21.5. The summed E-state index contributed by atoms with van der Waals surface area (Å²) in [5, 5.41) is 14.1. The van der Waals surface area contributed by atoms with E-state index >= 15 is 0 Å². The Bertz CT molecular complexity index is 1730. The number of aromatic amines is 1. The van der Waals surface area contributed by atoms with E-state index in [1.54, 1.807) is 0 Å². The van der Waals surface area contributed by atoms with Gasteiger partial charge in [-0.1, -0.05) is 66.7 Å². The molecule has 2 atom stereocenters. The third-order valence-corrected chi connectivity index (χ3v) is 9.15. The number of rotatable bonds is 8. The molecule has 0 aliphatic carbocycles. The fraction of sp³-hybridized carbons (Fsp3) is 0.371. The second-order valence-electron chi connectivity index (χ2n) is 12.1.